The normalized spacial score (nSPS) is 18.7. The molecule has 2 N–H and O–H groups in total. The highest BCUT2D eigenvalue weighted by molar-refractivity contribution is 6.06. The number of nitrogens with zero attached hydrogens (tertiary/aromatic N) is 2. The summed E-state index contributed by atoms with van der Waals surface area (Å²) in [6.45, 7) is 20.8. The smallest absolute Gasteiger partial charge is 0.107 e. The average molecular weight is 438 g/mol. The van der Waals surface area contributed by atoms with Crippen LogP contribution in [0.1, 0.15) is 86.6 Å². The molecule has 2 aromatic carbocycles. The van der Waals surface area contributed by atoms with E-state index in [0.717, 1.165) is 36.2 Å². The van der Waals surface area contributed by atoms with Crippen molar-refractivity contribution in [3.05, 3.63) is 78.5 Å². The molecule has 1 heterocycles. The van der Waals surface area contributed by atoms with Crippen LogP contribution in [0.4, 0.5) is 5.69 Å². The Balaban J connectivity index is 0.00000124. The number of benzene rings is 2. The van der Waals surface area contributed by atoms with Crippen LogP contribution in [0.3, 0.4) is 0 Å². The van der Waals surface area contributed by atoms with Crippen LogP contribution in [-0.2, 0) is 0 Å². The minimum absolute atomic E-state index is 0.215. The van der Waals surface area contributed by atoms with Gasteiger partial charge < -0.3 is 5.73 Å². The van der Waals surface area contributed by atoms with Crippen LogP contribution in [0.5, 0.6) is 0 Å². The molecule has 0 aliphatic carbocycles. The first kappa shape index (κ1) is 29.5. The zero-order valence-corrected chi connectivity index (χ0v) is 21.9. The fourth-order valence-corrected chi connectivity index (χ4v) is 3.64. The van der Waals surface area contributed by atoms with Gasteiger partial charge in [0.25, 0.3) is 0 Å². The predicted octanol–water partition coefficient (Wildman–Crippen LogP) is 8.42. The Morgan fingerprint density at radius 3 is 1.84 bits per heavy atom. The molecule has 2 unspecified atom stereocenters. The Kier molecular flexibility index (Phi) is 14.8. The molecule has 0 radical (unpaired) electrons. The summed E-state index contributed by atoms with van der Waals surface area (Å²) in [5, 5.41) is 7.11. The van der Waals surface area contributed by atoms with Crippen LogP contribution in [0.2, 0.25) is 0 Å². The van der Waals surface area contributed by atoms with Gasteiger partial charge >= 0.3 is 0 Å². The van der Waals surface area contributed by atoms with E-state index in [-0.39, 0.29) is 5.92 Å². The van der Waals surface area contributed by atoms with Crippen molar-refractivity contribution in [1.82, 2.24) is 0 Å². The molecular weight excluding hydrogens is 390 g/mol. The summed E-state index contributed by atoms with van der Waals surface area (Å²) >= 11 is 0. The van der Waals surface area contributed by atoms with Gasteiger partial charge in [0.15, 0.2) is 0 Å². The number of hydrogen-bond donors (Lipinski definition) is 1. The van der Waals surface area contributed by atoms with Gasteiger partial charge in [0.2, 0.25) is 0 Å². The molecule has 3 heteroatoms. The van der Waals surface area contributed by atoms with E-state index in [4.69, 9.17) is 10.8 Å². The quantitative estimate of drug-likeness (QED) is 0.492. The molecule has 0 aromatic heterocycles. The van der Waals surface area contributed by atoms with E-state index >= 15 is 0 Å². The van der Waals surface area contributed by atoms with E-state index in [2.05, 4.69) is 75.7 Å². The van der Waals surface area contributed by atoms with Crippen molar-refractivity contribution in [3.63, 3.8) is 0 Å². The molecule has 3 rings (SSSR count). The van der Waals surface area contributed by atoms with Gasteiger partial charge in [-0.15, -0.1) is 0 Å². The van der Waals surface area contributed by atoms with Crippen LogP contribution in [-0.4, -0.2) is 11.3 Å². The summed E-state index contributed by atoms with van der Waals surface area (Å²) < 4.78 is 0. The second-order valence-corrected chi connectivity index (χ2v) is 7.57. The van der Waals surface area contributed by atoms with Crippen molar-refractivity contribution < 1.29 is 0 Å². The molecule has 0 saturated heterocycles. The number of hydrogen-bond acceptors (Lipinski definition) is 3. The molecule has 0 amide bonds. The molecule has 0 fully saturated rings. The van der Waals surface area contributed by atoms with E-state index < -0.39 is 5.54 Å². The lowest BCUT2D eigenvalue weighted by Gasteiger charge is -2.39. The van der Waals surface area contributed by atoms with Crippen molar-refractivity contribution in [3.8, 4) is 0 Å². The first-order chi connectivity index (χ1) is 15.5. The van der Waals surface area contributed by atoms with Gasteiger partial charge in [-0.2, -0.15) is 5.10 Å². The fourth-order valence-electron chi connectivity index (χ4n) is 3.64. The number of unbranched alkanes of at least 4 members (excludes halogenated alkanes) is 1. The van der Waals surface area contributed by atoms with Gasteiger partial charge in [-0.3, -0.25) is 5.01 Å². The summed E-state index contributed by atoms with van der Waals surface area (Å²) in [6, 6.07) is 20.7. The lowest BCUT2D eigenvalue weighted by Crippen LogP contribution is -2.50. The summed E-state index contributed by atoms with van der Waals surface area (Å²) in [6.07, 6.45) is 4.58. The summed E-state index contributed by atoms with van der Waals surface area (Å²) in [4.78, 5) is 0. The van der Waals surface area contributed by atoms with E-state index in [9.17, 15) is 0 Å². The van der Waals surface area contributed by atoms with E-state index in [1.165, 1.54) is 6.42 Å². The second kappa shape index (κ2) is 16.1. The topological polar surface area (TPSA) is 41.6 Å². The zero-order valence-electron chi connectivity index (χ0n) is 21.9. The van der Waals surface area contributed by atoms with Crippen LogP contribution in [0.25, 0.3) is 0 Å². The standard InChI is InChI=1S/C22H27N3.C3H8.2C2H6/c1-4-5-16-20-21(18-12-8-6-9-13-18)24-25(22(20,3)17(2)23)19-14-10-7-11-15-19;1-3-2;2*1-2/h6-15,20H,2,4-5,16,23H2,1,3H3;3H2,1-2H3;2*1-2H3. The van der Waals surface area contributed by atoms with Gasteiger partial charge in [-0.1, -0.05) is 123 Å². The number of para-hydroxylation sites is 1. The Bertz CT molecular complexity index is 768. The lowest BCUT2D eigenvalue weighted by atomic mass is 9.76. The van der Waals surface area contributed by atoms with E-state index in [1.54, 1.807) is 0 Å². The first-order valence-electron chi connectivity index (χ1n) is 12.4. The third kappa shape index (κ3) is 7.25. The Morgan fingerprint density at radius 1 is 0.938 bits per heavy atom. The average Bonchev–Trinajstić information content (AvgIpc) is 3.15. The summed E-state index contributed by atoms with van der Waals surface area (Å²) in [5.74, 6) is 0.215. The number of rotatable bonds is 6. The highest BCUT2D eigenvalue weighted by atomic mass is 15.5. The molecule has 32 heavy (non-hydrogen) atoms. The summed E-state index contributed by atoms with van der Waals surface area (Å²) in [7, 11) is 0. The van der Waals surface area contributed by atoms with Gasteiger partial charge in [-0.05, 0) is 31.0 Å². The molecule has 1 aliphatic rings. The second-order valence-electron chi connectivity index (χ2n) is 7.57. The van der Waals surface area contributed by atoms with Crippen LogP contribution in [0, 0.1) is 5.92 Å². The van der Waals surface area contributed by atoms with E-state index in [1.807, 2.05) is 52.0 Å². The first-order valence-corrected chi connectivity index (χ1v) is 12.4. The van der Waals surface area contributed by atoms with Gasteiger partial charge in [0.05, 0.1) is 11.4 Å². The van der Waals surface area contributed by atoms with Crippen LogP contribution in [0.15, 0.2) is 78.0 Å². The number of hydrazone groups is 1. The number of nitrogens with two attached hydrogens (primary N) is 1. The largest absolute Gasteiger partial charge is 0.401 e. The van der Waals surface area contributed by atoms with Gasteiger partial charge in [-0.25, -0.2) is 0 Å². The minimum Gasteiger partial charge on any atom is -0.401 e. The van der Waals surface area contributed by atoms with Crippen molar-refractivity contribution in [2.24, 2.45) is 16.8 Å². The third-order valence-corrected chi connectivity index (χ3v) is 5.22. The highest BCUT2D eigenvalue weighted by Gasteiger charge is 2.49. The summed E-state index contributed by atoms with van der Waals surface area (Å²) in [5.41, 5.74) is 9.89. The van der Waals surface area contributed by atoms with E-state index in [0.29, 0.717) is 5.70 Å². The Morgan fingerprint density at radius 2 is 1.41 bits per heavy atom. The van der Waals surface area contributed by atoms with Crippen LogP contribution >= 0.6 is 0 Å². The number of anilines is 1. The van der Waals surface area contributed by atoms with Crippen molar-refractivity contribution in [2.75, 3.05) is 5.01 Å². The maximum absolute atomic E-state index is 6.35. The van der Waals surface area contributed by atoms with Gasteiger partial charge in [0.1, 0.15) is 5.54 Å². The molecule has 0 bridgehead atoms. The minimum atomic E-state index is -0.429. The molecule has 0 spiro atoms. The van der Waals surface area contributed by atoms with Crippen LogP contribution < -0.4 is 10.7 Å². The Labute approximate surface area is 198 Å². The third-order valence-electron chi connectivity index (χ3n) is 5.22. The molecular formula is C29H47N3. The SMILES string of the molecule is C=C(N)C1(C)C(CCCC)C(c2ccccc2)=NN1c1ccccc1.CC.CC.CCC. The fraction of sp³-hybridized carbons (Fsp3) is 0.483. The lowest BCUT2D eigenvalue weighted by molar-refractivity contribution is 0.396. The zero-order chi connectivity index (χ0) is 24.6. The molecule has 2 atom stereocenters. The molecule has 1 aliphatic heterocycles. The maximum Gasteiger partial charge on any atom is 0.107 e. The molecule has 3 nitrogen and oxygen atoms in total. The molecule has 178 valence electrons. The molecule has 2 aromatic rings. The van der Waals surface area contributed by atoms with Crippen molar-refractivity contribution in [2.45, 2.75) is 86.6 Å². The highest BCUT2D eigenvalue weighted by Crippen LogP contribution is 2.43. The monoisotopic (exact) mass is 437 g/mol. The van der Waals surface area contributed by atoms with Gasteiger partial charge in [0, 0.05) is 11.6 Å². The molecule has 0 saturated carbocycles. The van der Waals surface area contributed by atoms with Crippen molar-refractivity contribution in [1.29, 1.82) is 0 Å². The predicted molar refractivity (Wildman–Crippen MR) is 145 cm³/mol. The maximum atomic E-state index is 6.35. The Hall–Kier alpha value is -2.55. The van der Waals surface area contributed by atoms with Crippen molar-refractivity contribution >= 4 is 11.4 Å².